The van der Waals surface area contributed by atoms with Crippen molar-refractivity contribution in [1.82, 2.24) is 0 Å². The summed E-state index contributed by atoms with van der Waals surface area (Å²) in [5.41, 5.74) is 5.49. The second-order valence-corrected chi connectivity index (χ2v) is 4.77. The summed E-state index contributed by atoms with van der Waals surface area (Å²) >= 11 is 0. The Morgan fingerprint density at radius 3 is 2.56 bits per heavy atom. The van der Waals surface area contributed by atoms with E-state index in [1.165, 1.54) is 24.3 Å². The smallest absolute Gasteiger partial charge is 0.123 e. The molecule has 5 heteroatoms. The van der Waals surface area contributed by atoms with Crippen LogP contribution in [0.2, 0.25) is 0 Å². The Kier molecular flexibility index (Phi) is 5.59. The van der Waals surface area contributed by atoms with Gasteiger partial charge in [-0.15, -0.1) is 0 Å². The van der Waals surface area contributed by atoms with Gasteiger partial charge in [0.15, 0.2) is 0 Å². The van der Waals surface area contributed by atoms with Crippen molar-refractivity contribution in [2.24, 2.45) is 5.73 Å². The van der Waals surface area contributed by atoms with E-state index in [0.29, 0.717) is 23.8 Å². The number of benzene rings is 1. The van der Waals surface area contributed by atoms with Crippen molar-refractivity contribution in [2.75, 3.05) is 18.9 Å². The van der Waals surface area contributed by atoms with E-state index in [2.05, 4.69) is 0 Å². The largest absolute Gasteiger partial charge is 0.376 e. The number of hydrogen-bond acceptors (Lipinski definition) is 3. The van der Waals surface area contributed by atoms with Crippen LogP contribution in [0.25, 0.3) is 0 Å². The SMILES string of the molecule is CCOC(CN)CS(=O)c1ccc(F)cc1. The molecule has 1 aromatic rings. The minimum atomic E-state index is -1.19. The maximum Gasteiger partial charge on any atom is 0.123 e. The molecule has 2 atom stereocenters. The van der Waals surface area contributed by atoms with E-state index >= 15 is 0 Å². The van der Waals surface area contributed by atoms with Gasteiger partial charge < -0.3 is 10.5 Å². The van der Waals surface area contributed by atoms with Gasteiger partial charge in [0.1, 0.15) is 5.82 Å². The summed E-state index contributed by atoms with van der Waals surface area (Å²) in [7, 11) is -1.19. The van der Waals surface area contributed by atoms with Crippen LogP contribution in [0.1, 0.15) is 6.92 Å². The Morgan fingerprint density at radius 2 is 2.06 bits per heavy atom. The highest BCUT2D eigenvalue weighted by molar-refractivity contribution is 7.85. The summed E-state index contributed by atoms with van der Waals surface area (Å²) in [6, 6.07) is 5.63. The van der Waals surface area contributed by atoms with Crippen LogP contribution in [0.15, 0.2) is 29.2 Å². The minimum absolute atomic E-state index is 0.212. The molecule has 0 radical (unpaired) electrons. The maximum atomic E-state index is 12.7. The zero-order chi connectivity index (χ0) is 12.0. The van der Waals surface area contributed by atoms with Crippen molar-refractivity contribution >= 4 is 10.8 Å². The molecule has 0 saturated heterocycles. The molecule has 2 unspecified atom stereocenters. The summed E-state index contributed by atoms with van der Waals surface area (Å²) in [4.78, 5) is 0.597. The lowest BCUT2D eigenvalue weighted by Crippen LogP contribution is -2.29. The van der Waals surface area contributed by atoms with Crippen molar-refractivity contribution in [3.8, 4) is 0 Å². The number of rotatable bonds is 6. The number of hydrogen-bond donors (Lipinski definition) is 1. The second-order valence-electron chi connectivity index (χ2n) is 3.28. The van der Waals surface area contributed by atoms with E-state index < -0.39 is 10.8 Å². The van der Waals surface area contributed by atoms with E-state index in [4.69, 9.17) is 10.5 Å². The Bertz CT molecular complexity index is 342. The maximum absolute atomic E-state index is 12.7. The highest BCUT2D eigenvalue weighted by Crippen LogP contribution is 2.09. The lowest BCUT2D eigenvalue weighted by Gasteiger charge is -2.14. The van der Waals surface area contributed by atoms with Gasteiger partial charge in [0, 0.05) is 18.0 Å². The fourth-order valence-corrected chi connectivity index (χ4v) is 2.47. The number of ether oxygens (including phenoxy) is 1. The summed E-state index contributed by atoms with van der Waals surface area (Å²) < 4.78 is 29.8. The van der Waals surface area contributed by atoms with Crippen LogP contribution in [-0.4, -0.2) is 29.2 Å². The summed E-state index contributed by atoms with van der Waals surface area (Å²) in [5, 5.41) is 0. The molecule has 0 amide bonds. The molecular weight excluding hydrogens is 229 g/mol. The molecule has 0 fully saturated rings. The quantitative estimate of drug-likeness (QED) is 0.822. The highest BCUT2D eigenvalue weighted by Gasteiger charge is 2.12. The van der Waals surface area contributed by atoms with Crippen LogP contribution in [0.3, 0.4) is 0 Å². The van der Waals surface area contributed by atoms with Crippen molar-refractivity contribution in [1.29, 1.82) is 0 Å². The highest BCUT2D eigenvalue weighted by atomic mass is 32.2. The molecule has 0 aromatic heterocycles. The molecule has 1 rings (SSSR count). The van der Waals surface area contributed by atoms with Gasteiger partial charge in [0.2, 0.25) is 0 Å². The van der Waals surface area contributed by atoms with Gasteiger partial charge in [-0.1, -0.05) is 0 Å². The molecule has 0 heterocycles. The van der Waals surface area contributed by atoms with Crippen LogP contribution in [0.5, 0.6) is 0 Å². The topological polar surface area (TPSA) is 52.3 Å². The Balaban J connectivity index is 2.60. The first-order valence-electron chi connectivity index (χ1n) is 5.13. The lowest BCUT2D eigenvalue weighted by molar-refractivity contribution is 0.0852. The predicted octanol–water partition coefficient (Wildman–Crippen LogP) is 1.30. The fraction of sp³-hybridized carbons (Fsp3) is 0.455. The standard InChI is InChI=1S/C11H16FNO2S/c1-2-15-10(7-13)8-16(14)11-5-3-9(12)4-6-11/h3-6,10H,2,7-8,13H2,1H3. The van der Waals surface area contributed by atoms with Crippen molar-refractivity contribution in [3.63, 3.8) is 0 Å². The second kappa shape index (κ2) is 6.73. The van der Waals surface area contributed by atoms with Crippen LogP contribution >= 0.6 is 0 Å². The lowest BCUT2D eigenvalue weighted by atomic mass is 10.3. The molecule has 0 aliphatic heterocycles. The molecule has 0 aliphatic rings. The Morgan fingerprint density at radius 1 is 1.44 bits per heavy atom. The molecule has 0 aliphatic carbocycles. The summed E-state index contributed by atoms with van der Waals surface area (Å²) in [6.45, 7) is 2.74. The van der Waals surface area contributed by atoms with Gasteiger partial charge in [-0.25, -0.2) is 4.39 Å². The number of nitrogens with two attached hydrogens (primary N) is 1. The molecule has 3 nitrogen and oxygen atoms in total. The first-order chi connectivity index (χ1) is 7.67. The Hall–Kier alpha value is -0.780. The molecule has 1 aromatic carbocycles. The van der Waals surface area contributed by atoms with E-state index in [0.717, 1.165) is 0 Å². The first-order valence-corrected chi connectivity index (χ1v) is 6.44. The summed E-state index contributed by atoms with van der Waals surface area (Å²) in [5.74, 6) is 0.0108. The van der Waals surface area contributed by atoms with E-state index in [1.807, 2.05) is 6.92 Å². The third-order valence-corrected chi connectivity index (χ3v) is 3.55. The number of halogens is 1. The molecule has 90 valence electrons. The zero-order valence-corrected chi connectivity index (χ0v) is 10.0. The average molecular weight is 245 g/mol. The molecule has 16 heavy (non-hydrogen) atoms. The average Bonchev–Trinajstić information content (AvgIpc) is 2.29. The molecular formula is C11H16FNO2S. The Labute approximate surface area is 97.2 Å². The third kappa shape index (κ3) is 4.00. The van der Waals surface area contributed by atoms with Crippen molar-refractivity contribution in [2.45, 2.75) is 17.9 Å². The fourth-order valence-electron chi connectivity index (χ4n) is 1.27. The van der Waals surface area contributed by atoms with Crippen LogP contribution < -0.4 is 5.73 Å². The zero-order valence-electron chi connectivity index (χ0n) is 9.19. The van der Waals surface area contributed by atoms with Gasteiger partial charge in [-0.2, -0.15) is 0 Å². The minimum Gasteiger partial charge on any atom is -0.376 e. The van der Waals surface area contributed by atoms with Crippen LogP contribution in [0, 0.1) is 5.82 Å². The monoisotopic (exact) mass is 245 g/mol. The van der Waals surface area contributed by atoms with Gasteiger partial charge in [0.25, 0.3) is 0 Å². The van der Waals surface area contributed by atoms with E-state index in [9.17, 15) is 8.60 Å². The van der Waals surface area contributed by atoms with Gasteiger partial charge >= 0.3 is 0 Å². The van der Waals surface area contributed by atoms with Gasteiger partial charge in [-0.3, -0.25) is 4.21 Å². The van der Waals surface area contributed by atoms with Gasteiger partial charge in [0.05, 0.1) is 22.7 Å². The van der Waals surface area contributed by atoms with Crippen LogP contribution in [0.4, 0.5) is 4.39 Å². The normalized spacial score (nSPS) is 14.7. The molecule has 2 N–H and O–H groups in total. The first kappa shape index (κ1) is 13.3. The van der Waals surface area contributed by atoms with Crippen molar-refractivity contribution < 1.29 is 13.3 Å². The predicted molar refractivity (Wildman–Crippen MR) is 62.1 cm³/mol. The van der Waals surface area contributed by atoms with Gasteiger partial charge in [-0.05, 0) is 31.2 Å². The molecule has 0 saturated carbocycles. The molecule has 0 spiro atoms. The third-order valence-electron chi connectivity index (χ3n) is 2.08. The molecule has 0 bridgehead atoms. The summed E-state index contributed by atoms with van der Waals surface area (Å²) in [6.07, 6.45) is -0.212. The van der Waals surface area contributed by atoms with Crippen molar-refractivity contribution in [3.05, 3.63) is 30.1 Å². The van der Waals surface area contributed by atoms with E-state index in [1.54, 1.807) is 0 Å². The van der Waals surface area contributed by atoms with E-state index in [-0.39, 0.29) is 11.9 Å². The van der Waals surface area contributed by atoms with Crippen LogP contribution in [-0.2, 0) is 15.5 Å².